The summed E-state index contributed by atoms with van der Waals surface area (Å²) in [6.07, 6.45) is 0. The number of hydrogen-bond acceptors (Lipinski definition) is 4. The van der Waals surface area contributed by atoms with Crippen LogP contribution in [0.2, 0.25) is 0 Å². The van der Waals surface area contributed by atoms with E-state index < -0.39 is 0 Å². The van der Waals surface area contributed by atoms with Crippen LogP contribution in [-0.4, -0.2) is 10.1 Å². The predicted molar refractivity (Wildman–Crippen MR) is 50.3 cm³/mol. The first kappa shape index (κ1) is 8.53. The molecule has 0 fully saturated rings. The van der Waals surface area contributed by atoms with Gasteiger partial charge in [0.1, 0.15) is 0 Å². The van der Waals surface area contributed by atoms with Gasteiger partial charge in [-0.25, -0.2) is 9.98 Å². The van der Waals surface area contributed by atoms with Crippen LogP contribution in [0.15, 0.2) is 4.99 Å². The topological polar surface area (TPSA) is 25.2 Å². The molecule has 1 aromatic rings. The number of rotatable bonds is 2. The van der Waals surface area contributed by atoms with Crippen molar-refractivity contribution in [1.82, 2.24) is 4.98 Å². The second kappa shape index (κ2) is 3.72. The molecule has 0 radical (unpaired) electrons. The Hall–Kier alpha value is -0.570. The highest BCUT2D eigenvalue weighted by Gasteiger charge is 2.01. The SMILES string of the molecule is Cc1nc(C)c(CN=C=S)s1. The summed E-state index contributed by atoms with van der Waals surface area (Å²) in [5.74, 6) is 0. The molecule has 0 spiro atoms. The molecule has 0 aliphatic rings. The lowest BCUT2D eigenvalue weighted by atomic mass is 10.4. The van der Waals surface area contributed by atoms with Crippen LogP contribution in [-0.2, 0) is 6.54 Å². The van der Waals surface area contributed by atoms with Crippen molar-refractivity contribution in [1.29, 1.82) is 0 Å². The number of aromatic nitrogens is 1. The Bertz CT molecular complexity index is 297. The normalized spacial score (nSPS) is 9.27. The van der Waals surface area contributed by atoms with Gasteiger partial charge in [-0.1, -0.05) is 0 Å². The van der Waals surface area contributed by atoms with E-state index in [4.69, 9.17) is 0 Å². The number of aryl methyl sites for hydroxylation is 2. The molecule has 0 saturated heterocycles. The van der Waals surface area contributed by atoms with E-state index in [9.17, 15) is 0 Å². The number of isothiocyanates is 1. The van der Waals surface area contributed by atoms with Crippen molar-refractivity contribution in [2.45, 2.75) is 20.4 Å². The minimum atomic E-state index is 0.626. The molecule has 11 heavy (non-hydrogen) atoms. The monoisotopic (exact) mass is 184 g/mol. The van der Waals surface area contributed by atoms with Gasteiger partial charge in [-0.2, -0.15) is 0 Å². The second-order valence-corrected chi connectivity index (χ2v) is 3.62. The molecule has 58 valence electrons. The molecule has 0 atom stereocenters. The van der Waals surface area contributed by atoms with Crippen molar-refractivity contribution < 1.29 is 0 Å². The van der Waals surface area contributed by atoms with Crippen molar-refractivity contribution in [3.8, 4) is 0 Å². The summed E-state index contributed by atoms with van der Waals surface area (Å²) in [5.41, 5.74) is 1.06. The molecular weight excluding hydrogens is 176 g/mol. The maximum Gasteiger partial charge on any atom is 0.0900 e. The summed E-state index contributed by atoms with van der Waals surface area (Å²) < 4.78 is 0. The molecule has 0 saturated carbocycles. The Kier molecular flexibility index (Phi) is 2.88. The van der Waals surface area contributed by atoms with E-state index in [1.807, 2.05) is 13.8 Å². The lowest BCUT2D eigenvalue weighted by Gasteiger charge is -1.86. The highest BCUT2D eigenvalue weighted by molar-refractivity contribution is 7.78. The molecule has 2 nitrogen and oxygen atoms in total. The Morgan fingerprint density at radius 3 is 2.82 bits per heavy atom. The van der Waals surface area contributed by atoms with Gasteiger partial charge in [0.15, 0.2) is 0 Å². The van der Waals surface area contributed by atoms with Crippen LogP contribution in [0, 0.1) is 13.8 Å². The highest BCUT2D eigenvalue weighted by Crippen LogP contribution is 2.17. The third-order valence-electron chi connectivity index (χ3n) is 1.29. The van der Waals surface area contributed by atoms with E-state index in [1.165, 1.54) is 4.88 Å². The van der Waals surface area contributed by atoms with Crippen LogP contribution >= 0.6 is 23.6 Å². The highest BCUT2D eigenvalue weighted by atomic mass is 32.1. The molecule has 1 aromatic heterocycles. The van der Waals surface area contributed by atoms with Gasteiger partial charge in [0.2, 0.25) is 0 Å². The van der Waals surface area contributed by atoms with E-state index in [1.54, 1.807) is 11.3 Å². The fourth-order valence-corrected chi connectivity index (χ4v) is 1.75. The summed E-state index contributed by atoms with van der Waals surface area (Å²) in [6.45, 7) is 4.60. The zero-order chi connectivity index (χ0) is 8.27. The average molecular weight is 184 g/mol. The Morgan fingerprint density at radius 2 is 2.36 bits per heavy atom. The standard InChI is InChI=1S/C7H8N2S2/c1-5-7(3-8-4-10)11-6(2)9-5/h3H2,1-2H3. The molecule has 0 amide bonds. The smallest absolute Gasteiger partial charge is 0.0900 e. The summed E-state index contributed by atoms with van der Waals surface area (Å²) in [7, 11) is 0. The molecular formula is C7H8N2S2. The summed E-state index contributed by atoms with van der Waals surface area (Å²) in [5, 5.41) is 3.42. The lowest BCUT2D eigenvalue weighted by Crippen LogP contribution is -1.79. The van der Waals surface area contributed by atoms with Crippen molar-refractivity contribution in [3.63, 3.8) is 0 Å². The average Bonchev–Trinajstić information content (AvgIpc) is 2.26. The molecule has 0 aromatic carbocycles. The quantitative estimate of drug-likeness (QED) is 0.521. The number of nitrogens with zero attached hydrogens (tertiary/aromatic N) is 2. The summed E-state index contributed by atoms with van der Waals surface area (Å²) >= 11 is 6.13. The summed E-state index contributed by atoms with van der Waals surface area (Å²) in [6, 6.07) is 0. The van der Waals surface area contributed by atoms with E-state index in [-0.39, 0.29) is 0 Å². The van der Waals surface area contributed by atoms with Gasteiger partial charge in [0.05, 0.1) is 22.4 Å². The van der Waals surface area contributed by atoms with Gasteiger partial charge < -0.3 is 0 Å². The molecule has 1 heterocycles. The van der Waals surface area contributed by atoms with Crippen LogP contribution in [0.4, 0.5) is 0 Å². The van der Waals surface area contributed by atoms with Gasteiger partial charge in [0, 0.05) is 4.88 Å². The van der Waals surface area contributed by atoms with Gasteiger partial charge in [-0.15, -0.1) is 11.3 Å². The minimum Gasteiger partial charge on any atom is -0.247 e. The third kappa shape index (κ3) is 2.19. The zero-order valence-electron chi connectivity index (χ0n) is 6.42. The molecule has 0 N–H and O–H groups in total. The van der Waals surface area contributed by atoms with E-state index in [0.29, 0.717) is 6.54 Å². The van der Waals surface area contributed by atoms with E-state index >= 15 is 0 Å². The van der Waals surface area contributed by atoms with E-state index in [0.717, 1.165) is 10.7 Å². The Morgan fingerprint density at radius 1 is 1.64 bits per heavy atom. The van der Waals surface area contributed by atoms with Gasteiger partial charge >= 0.3 is 0 Å². The van der Waals surface area contributed by atoms with Crippen molar-refractivity contribution in [3.05, 3.63) is 15.6 Å². The molecule has 4 heteroatoms. The minimum absolute atomic E-state index is 0.626. The Balaban J connectivity index is 2.85. The second-order valence-electron chi connectivity index (χ2n) is 2.15. The molecule has 0 aliphatic heterocycles. The van der Waals surface area contributed by atoms with Crippen LogP contribution in [0.1, 0.15) is 15.6 Å². The first-order chi connectivity index (χ1) is 5.24. The van der Waals surface area contributed by atoms with Crippen molar-refractivity contribution in [2.75, 3.05) is 0 Å². The third-order valence-corrected chi connectivity index (χ3v) is 2.47. The zero-order valence-corrected chi connectivity index (χ0v) is 8.05. The molecule has 1 rings (SSSR count). The Labute approximate surface area is 75.0 Å². The lowest BCUT2D eigenvalue weighted by molar-refractivity contribution is 1.06. The first-order valence-electron chi connectivity index (χ1n) is 3.20. The molecule has 0 unspecified atom stereocenters. The largest absolute Gasteiger partial charge is 0.247 e. The molecule has 0 bridgehead atoms. The number of hydrogen-bond donors (Lipinski definition) is 0. The van der Waals surface area contributed by atoms with Crippen LogP contribution in [0.3, 0.4) is 0 Å². The van der Waals surface area contributed by atoms with Crippen LogP contribution in [0.5, 0.6) is 0 Å². The number of aliphatic imine (C=N–C) groups is 1. The predicted octanol–water partition coefficient (Wildman–Crippen LogP) is 2.36. The molecule has 0 aliphatic carbocycles. The van der Waals surface area contributed by atoms with Crippen molar-refractivity contribution in [2.24, 2.45) is 4.99 Å². The summed E-state index contributed by atoms with van der Waals surface area (Å²) in [4.78, 5) is 9.29. The maximum absolute atomic E-state index is 4.47. The van der Waals surface area contributed by atoms with Gasteiger partial charge in [0.25, 0.3) is 0 Å². The van der Waals surface area contributed by atoms with E-state index in [2.05, 4.69) is 27.4 Å². The van der Waals surface area contributed by atoms with Crippen LogP contribution < -0.4 is 0 Å². The number of thiocarbonyl (C=S) groups is 1. The van der Waals surface area contributed by atoms with Gasteiger partial charge in [-0.3, -0.25) is 0 Å². The maximum atomic E-state index is 4.47. The van der Waals surface area contributed by atoms with Gasteiger partial charge in [-0.05, 0) is 26.1 Å². The fraction of sp³-hybridized carbons (Fsp3) is 0.429. The van der Waals surface area contributed by atoms with Crippen LogP contribution in [0.25, 0.3) is 0 Å². The fourth-order valence-electron chi connectivity index (χ4n) is 0.824. The number of thiazole rings is 1. The van der Waals surface area contributed by atoms with Crippen molar-refractivity contribution >= 4 is 28.7 Å². The first-order valence-corrected chi connectivity index (χ1v) is 4.43.